The highest BCUT2D eigenvalue weighted by Crippen LogP contribution is 2.29. The van der Waals surface area contributed by atoms with Crippen molar-refractivity contribution in [1.29, 1.82) is 0 Å². The lowest BCUT2D eigenvalue weighted by molar-refractivity contribution is -0.132. The van der Waals surface area contributed by atoms with Crippen LogP contribution in [0.1, 0.15) is 19.3 Å². The first-order chi connectivity index (χ1) is 16.1. The topological polar surface area (TPSA) is 83.8 Å². The Kier molecular flexibility index (Phi) is 6.17. The van der Waals surface area contributed by atoms with Gasteiger partial charge in [-0.2, -0.15) is 4.98 Å². The number of benzene rings is 1. The van der Waals surface area contributed by atoms with Crippen LogP contribution in [0.15, 0.2) is 35.4 Å². The number of carbonyl (C=O) groups excluding carboxylic acids is 1. The fourth-order valence-electron chi connectivity index (χ4n) is 4.50. The van der Waals surface area contributed by atoms with Crippen molar-refractivity contribution in [3.63, 3.8) is 0 Å². The Morgan fingerprint density at radius 3 is 2.55 bits per heavy atom. The normalized spacial score (nSPS) is 16.9. The fraction of sp³-hybridized carbons (Fsp3) is 0.478. The molecule has 0 radical (unpaired) electrons. The molecule has 9 nitrogen and oxygen atoms in total. The molecule has 0 bridgehead atoms. The average molecular weight is 469 g/mol. The predicted molar refractivity (Wildman–Crippen MR) is 130 cm³/mol. The molecule has 2 fully saturated rings. The summed E-state index contributed by atoms with van der Waals surface area (Å²) < 4.78 is 7.40. The van der Waals surface area contributed by atoms with Crippen LogP contribution in [0.5, 0.6) is 5.75 Å². The van der Waals surface area contributed by atoms with Crippen molar-refractivity contribution < 1.29 is 9.53 Å². The first kappa shape index (κ1) is 21.7. The Labute approximate surface area is 196 Å². The third-order valence-corrected chi connectivity index (χ3v) is 7.46. The largest absolute Gasteiger partial charge is 0.495 e. The Morgan fingerprint density at radius 1 is 1.03 bits per heavy atom. The van der Waals surface area contributed by atoms with E-state index in [1.807, 2.05) is 29.2 Å². The molecule has 0 atom stereocenters. The number of piperazine rings is 1. The predicted octanol–water partition coefficient (Wildman–Crippen LogP) is 2.20. The van der Waals surface area contributed by atoms with Crippen LogP contribution in [0.3, 0.4) is 0 Å². The van der Waals surface area contributed by atoms with E-state index in [0.717, 1.165) is 42.5 Å². The van der Waals surface area contributed by atoms with Crippen molar-refractivity contribution >= 4 is 38.4 Å². The van der Waals surface area contributed by atoms with E-state index in [2.05, 4.69) is 19.8 Å². The SMILES string of the molecule is COc1ccccc1N1CCN(C(=O)Cn2cnc3nc(N4CCCCC4)sc3c2=O)CC1. The van der Waals surface area contributed by atoms with Crippen LogP contribution in [-0.4, -0.2) is 71.7 Å². The summed E-state index contributed by atoms with van der Waals surface area (Å²) in [6.45, 7) is 4.55. The average Bonchev–Trinajstić information content (AvgIpc) is 3.32. The summed E-state index contributed by atoms with van der Waals surface area (Å²) in [5.74, 6) is 0.760. The van der Waals surface area contributed by atoms with Gasteiger partial charge in [-0.15, -0.1) is 0 Å². The highest BCUT2D eigenvalue weighted by Gasteiger charge is 2.24. The number of hydrogen-bond donors (Lipinski definition) is 0. The highest BCUT2D eigenvalue weighted by molar-refractivity contribution is 7.22. The minimum absolute atomic E-state index is 0.00657. The van der Waals surface area contributed by atoms with Crippen molar-refractivity contribution in [2.45, 2.75) is 25.8 Å². The van der Waals surface area contributed by atoms with Gasteiger partial charge in [-0.05, 0) is 31.4 Å². The van der Waals surface area contributed by atoms with Gasteiger partial charge in [-0.1, -0.05) is 23.5 Å². The number of anilines is 2. The van der Waals surface area contributed by atoms with Crippen molar-refractivity contribution in [3.05, 3.63) is 40.9 Å². The summed E-state index contributed by atoms with van der Waals surface area (Å²) in [6.07, 6.45) is 4.98. The molecule has 2 aliphatic heterocycles. The zero-order valence-electron chi connectivity index (χ0n) is 18.8. The second-order valence-electron chi connectivity index (χ2n) is 8.41. The van der Waals surface area contributed by atoms with Crippen LogP contribution >= 0.6 is 11.3 Å². The Hall–Kier alpha value is -3.14. The van der Waals surface area contributed by atoms with E-state index in [1.54, 1.807) is 7.11 Å². The van der Waals surface area contributed by atoms with E-state index in [4.69, 9.17) is 4.74 Å². The molecular weight excluding hydrogens is 440 g/mol. The molecule has 10 heteroatoms. The van der Waals surface area contributed by atoms with E-state index >= 15 is 0 Å². The highest BCUT2D eigenvalue weighted by atomic mass is 32.1. The number of methoxy groups -OCH3 is 1. The zero-order valence-corrected chi connectivity index (χ0v) is 19.6. The first-order valence-corrected chi connectivity index (χ1v) is 12.2. The summed E-state index contributed by atoms with van der Waals surface area (Å²) in [5, 5.41) is 0.853. The van der Waals surface area contributed by atoms with Gasteiger partial charge in [0.1, 0.15) is 23.3 Å². The summed E-state index contributed by atoms with van der Waals surface area (Å²) in [7, 11) is 1.67. The Morgan fingerprint density at radius 2 is 1.79 bits per heavy atom. The second kappa shape index (κ2) is 9.38. The van der Waals surface area contributed by atoms with Crippen molar-refractivity contribution in [3.8, 4) is 5.75 Å². The molecule has 2 saturated heterocycles. The smallest absolute Gasteiger partial charge is 0.273 e. The Bertz CT molecular complexity index is 1190. The number of piperidine rings is 1. The molecule has 1 aromatic carbocycles. The molecule has 5 rings (SSSR count). The number of thiazole rings is 1. The lowest BCUT2D eigenvalue weighted by Gasteiger charge is -2.36. The summed E-state index contributed by atoms with van der Waals surface area (Å²) in [4.78, 5) is 41.2. The lowest BCUT2D eigenvalue weighted by Crippen LogP contribution is -2.50. The maximum absolute atomic E-state index is 13.0. The Balaban J connectivity index is 1.26. The number of hydrogen-bond acceptors (Lipinski definition) is 8. The van der Waals surface area contributed by atoms with E-state index in [-0.39, 0.29) is 18.0 Å². The fourth-order valence-corrected chi connectivity index (χ4v) is 5.52. The molecule has 4 heterocycles. The number of aromatic nitrogens is 3. The molecule has 2 aromatic heterocycles. The number of amides is 1. The summed E-state index contributed by atoms with van der Waals surface area (Å²) in [5.41, 5.74) is 1.31. The molecule has 3 aromatic rings. The number of fused-ring (bicyclic) bond motifs is 1. The van der Waals surface area contributed by atoms with Crippen LogP contribution in [0.25, 0.3) is 10.3 Å². The number of rotatable bonds is 5. The van der Waals surface area contributed by atoms with Crippen LogP contribution in [0.4, 0.5) is 10.8 Å². The molecule has 0 aliphatic carbocycles. The maximum Gasteiger partial charge on any atom is 0.273 e. The number of nitrogens with zero attached hydrogens (tertiary/aromatic N) is 6. The third-order valence-electron chi connectivity index (χ3n) is 6.36. The molecule has 0 spiro atoms. The molecule has 174 valence electrons. The first-order valence-electron chi connectivity index (χ1n) is 11.4. The van der Waals surface area contributed by atoms with Gasteiger partial charge in [0, 0.05) is 39.3 Å². The van der Waals surface area contributed by atoms with Crippen molar-refractivity contribution in [1.82, 2.24) is 19.4 Å². The van der Waals surface area contributed by atoms with Crippen molar-refractivity contribution in [2.24, 2.45) is 0 Å². The lowest BCUT2D eigenvalue weighted by atomic mass is 10.1. The molecule has 1 amide bonds. The third kappa shape index (κ3) is 4.39. The molecule has 0 N–H and O–H groups in total. The molecule has 0 unspecified atom stereocenters. The van der Waals surface area contributed by atoms with Gasteiger partial charge in [-0.25, -0.2) is 4.98 Å². The van der Waals surface area contributed by atoms with E-state index in [0.29, 0.717) is 36.5 Å². The minimum Gasteiger partial charge on any atom is -0.495 e. The van der Waals surface area contributed by atoms with Crippen LogP contribution in [-0.2, 0) is 11.3 Å². The zero-order chi connectivity index (χ0) is 22.8. The van der Waals surface area contributed by atoms with E-state index in [1.165, 1.54) is 28.7 Å². The standard InChI is InChI=1S/C23H28N6O3S/c1-32-18-8-4-3-7-17(18)26-11-13-27(14-12-26)19(30)15-29-16-24-21-20(22(29)31)33-23(25-21)28-9-5-2-6-10-28/h3-4,7-8,16H,2,5-6,9-15H2,1H3. The quantitative estimate of drug-likeness (QED) is 0.568. The van der Waals surface area contributed by atoms with Gasteiger partial charge in [0.25, 0.3) is 5.56 Å². The van der Waals surface area contributed by atoms with Crippen LogP contribution in [0, 0.1) is 0 Å². The number of para-hydroxylation sites is 2. The number of ether oxygens (including phenoxy) is 1. The van der Waals surface area contributed by atoms with Gasteiger partial charge in [0.15, 0.2) is 10.8 Å². The molecular formula is C23H28N6O3S. The summed E-state index contributed by atoms with van der Waals surface area (Å²) >= 11 is 1.38. The van der Waals surface area contributed by atoms with Crippen LogP contribution < -0.4 is 20.1 Å². The van der Waals surface area contributed by atoms with E-state index < -0.39 is 0 Å². The van der Waals surface area contributed by atoms with Crippen molar-refractivity contribution in [2.75, 3.05) is 56.2 Å². The monoisotopic (exact) mass is 468 g/mol. The van der Waals surface area contributed by atoms with Gasteiger partial charge >= 0.3 is 0 Å². The van der Waals surface area contributed by atoms with Gasteiger partial charge in [-0.3, -0.25) is 14.2 Å². The number of carbonyl (C=O) groups is 1. The van der Waals surface area contributed by atoms with E-state index in [9.17, 15) is 9.59 Å². The molecule has 2 aliphatic rings. The van der Waals surface area contributed by atoms with Gasteiger partial charge < -0.3 is 19.4 Å². The summed E-state index contributed by atoms with van der Waals surface area (Å²) in [6, 6.07) is 7.91. The minimum atomic E-state index is -0.193. The second-order valence-corrected chi connectivity index (χ2v) is 9.39. The van der Waals surface area contributed by atoms with Crippen LogP contribution in [0.2, 0.25) is 0 Å². The van der Waals surface area contributed by atoms with Gasteiger partial charge in [0.2, 0.25) is 5.91 Å². The molecule has 33 heavy (non-hydrogen) atoms. The maximum atomic E-state index is 13.0. The van der Waals surface area contributed by atoms with Gasteiger partial charge in [0.05, 0.1) is 12.8 Å². The molecule has 0 saturated carbocycles.